The minimum atomic E-state index is -0.420. The van der Waals surface area contributed by atoms with Gasteiger partial charge >= 0.3 is 0 Å². The molecule has 0 aromatic carbocycles. The highest BCUT2D eigenvalue weighted by molar-refractivity contribution is 7.16. The molecule has 29 heavy (non-hydrogen) atoms. The molecule has 0 unspecified atom stereocenters. The van der Waals surface area contributed by atoms with Crippen LogP contribution in [0.3, 0.4) is 0 Å². The molecule has 0 saturated heterocycles. The number of hydrogen-bond donors (Lipinski definition) is 1. The molecule has 1 N–H and O–H groups in total. The van der Waals surface area contributed by atoms with E-state index in [0.717, 1.165) is 26.9 Å². The lowest BCUT2D eigenvalue weighted by atomic mass is 10.1. The number of aromatic nitrogens is 4. The molecule has 0 atom stereocenters. The molecule has 0 saturated carbocycles. The fourth-order valence-electron chi connectivity index (χ4n) is 2.68. The minimum absolute atomic E-state index is 0. The number of halogens is 2. The fourth-order valence-corrected chi connectivity index (χ4v) is 3.53. The van der Waals surface area contributed by atoms with Gasteiger partial charge in [-0.1, -0.05) is 0 Å². The van der Waals surface area contributed by atoms with Gasteiger partial charge < -0.3 is 5.32 Å². The number of anilines is 1. The third kappa shape index (κ3) is 4.56. The smallest absolute Gasteiger partial charge is 0.157 e. The van der Waals surface area contributed by atoms with E-state index in [-0.39, 0.29) is 23.6 Å². The first kappa shape index (κ1) is 20.8. The van der Waals surface area contributed by atoms with Crippen molar-refractivity contribution in [2.45, 2.75) is 26.3 Å². The first-order valence-electron chi connectivity index (χ1n) is 8.74. The second-order valence-corrected chi connectivity index (χ2v) is 8.32. The molecular formula is C21H19ClFN5S. The molecule has 0 radical (unpaired) electrons. The number of thiophene rings is 1. The molecule has 4 aromatic rings. The standard InChI is InChI=1S/C21H18FN5S.ClH/c1-21(2,3)26-20-19(25-18-13-23-11-12-27(18)20)17-9-7-14(28-17)6-8-16-15(22)5-4-10-24-16;/h4-5,7,9-13,26H,1-3H3;1H. The number of nitrogens with zero attached hydrogens (tertiary/aromatic N) is 4. The molecule has 4 heterocycles. The number of imidazole rings is 1. The summed E-state index contributed by atoms with van der Waals surface area (Å²) in [5.74, 6) is 6.27. The predicted octanol–water partition coefficient (Wildman–Crippen LogP) is 5.02. The zero-order valence-electron chi connectivity index (χ0n) is 16.1. The van der Waals surface area contributed by atoms with E-state index in [4.69, 9.17) is 4.98 Å². The van der Waals surface area contributed by atoms with Gasteiger partial charge in [-0.05, 0) is 56.9 Å². The monoisotopic (exact) mass is 427 g/mol. The van der Waals surface area contributed by atoms with E-state index < -0.39 is 5.82 Å². The van der Waals surface area contributed by atoms with Gasteiger partial charge in [-0.25, -0.2) is 14.4 Å². The molecule has 5 nitrogen and oxygen atoms in total. The summed E-state index contributed by atoms with van der Waals surface area (Å²) < 4.78 is 15.7. The van der Waals surface area contributed by atoms with E-state index in [9.17, 15) is 4.39 Å². The normalized spacial score (nSPS) is 10.9. The van der Waals surface area contributed by atoms with Gasteiger partial charge in [0.2, 0.25) is 0 Å². The maximum Gasteiger partial charge on any atom is 0.157 e. The minimum Gasteiger partial charge on any atom is -0.365 e. The van der Waals surface area contributed by atoms with Crippen molar-refractivity contribution in [2.75, 3.05) is 5.32 Å². The number of hydrogen-bond acceptors (Lipinski definition) is 5. The average molecular weight is 428 g/mol. The average Bonchev–Trinajstić information content (AvgIpc) is 3.25. The van der Waals surface area contributed by atoms with Crippen LogP contribution in [0.2, 0.25) is 0 Å². The van der Waals surface area contributed by atoms with Crippen LogP contribution in [0.1, 0.15) is 31.3 Å². The quantitative estimate of drug-likeness (QED) is 0.456. The molecule has 0 spiro atoms. The SMILES string of the molecule is CC(C)(C)Nc1c(-c2ccc(C#Cc3ncccc3F)s2)nc2cnccn12.Cl. The Labute approximate surface area is 178 Å². The molecule has 0 fully saturated rings. The van der Waals surface area contributed by atoms with Gasteiger partial charge in [0.25, 0.3) is 0 Å². The Bertz CT molecular complexity index is 1210. The second kappa shape index (κ2) is 8.19. The number of fused-ring (bicyclic) bond motifs is 1. The maximum atomic E-state index is 13.7. The molecule has 0 aliphatic carbocycles. The Kier molecular flexibility index (Phi) is 5.87. The first-order chi connectivity index (χ1) is 13.4. The van der Waals surface area contributed by atoms with Gasteiger partial charge in [0.15, 0.2) is 11.5 Å². The van der Waals surface area contributed by atoms with Gasteiger partial charge in [-0.2, -0.15) is 0 Å². The van der Waals surface area contributed by atoms with Gasteiger partial charge in [-0.3, -0.25) is 9.38 Å². The zero-order valence-corrected chi connectivity index (χ0v) is 17.7. The highest BCUT2D eigenvalue weighted by Crippen LogP contribution is 2.34. The maximum absolute atomic E-state index is 13.7. The Morgan fingerprint density at radius 3 is 2.72 bits per heavy atom. The van der Waals surface area contributed by atoms with Crippen molar-refractivity contribution in [1.82, 2.24) is 19.4 Å². The number of rotatable bonds is 2. The highest BCUT2D eigenvalue weighted by Gasteiger charge is 2.20. The van der Waals surface area contributed by atoms with Crippen LogP contribution >= 0.6 is 23.7 Å². The summed E-state index contributed by atoms with van der Waals surface area (Å²) in [6.45, 7) is 6.30. The van der Waals surface area contributed by atoms with E-state index in [2.05, 4.69) is 47.9 Å². The largest absolute Gasteiger partial charge is 0.365 e. The first-order valence-corrected chi connectivity index (χ1v) is 9.55. The Balaban J connectivity index is 0.00000240. The summed E-state index contributed by atoms with van der Waals surface area (Å²) in [6, 6.07) is 6.79. The van der Waals surface area contributed by atoms with Crippen LogP contribution in [-0.2, 0) is 0 Å². The molecule has 0 amide bonds. The van der Waals surface area contributed by atoms with Crippen molar-refractivity contribution in [3.05, 3.63) is 65.4 Å². The van der Waals surface area contributed by atoms with Crippen molar-refractivity contribution in [3.8, 4) is 22.4 Å². The fraction of sp³-hybridized carbons (Fsp3) is 0.190. The van der Waals surface area contributed by atoms with E-state index >= 15 is 0 Å². The van der Waals surface area contributed by atoms with E-state index in [1.165, 1.54) is 23.6 Å². The number of pyridine rings is 1. The summed E-state index contributed by atoms with van der Waals surface area (Å²) >= 11 is 1.51. The third-order valence-electron chi connectivity index (χ3n) is 3.83. The van der Waals surface area contributed by atoms with Crippen LogP contribution < -0.4 is 5.32 Å². The van der Waals surface area contributed by atoms with Gasteiger partial charge in [0.05, 0.1) is 16.0 Å². The van der Waals surface area contributed by atoms with E-state index in [0.29, 0.717) is 0 Å². The number of nitrogens with one attached hydrogen (secondary N) is 1. The zero-order chi connectivity index (χ0) is 19.7. The molecule has 4 rings (SSSR count). The lowest BCUT2D eigenvalue weighted by Gasteiger charge is -2.22. The van der Waals surface area contributed by atoms with Crippen LogP contribution in [0.25, 0.3) is 16.2 Å². The van der Waals surface area contributed by atoms with Crippen molar-refractivity contribution < 1.29 is 4.39 Å². The summed E-state index contributed by atoms with van der Waals surface area (Å²) in [6.07, 6.45) is 6.88. The van der Waals surface area contributed by atoms with Crippen LogP contribution in [0.4, 0.5) is 10.2 Å². The van der Waals surface area contributed by atoms with E-state index in [1.807, 2.05) is 22.7 Å². The van der Waals surface area contributed by atoms with Crippen molar-refractivity contribution >= 4 is 35.2 Å². The van der Waals surface area contributed by atoms with Gasteiger partial charge in [0.1, 0.15) is 17.2 Å². The van der Waals surface area contributed by atoms with Gasteiger partial charge in [-0.15, -0.1) is 23.7 Å². The molecule has 8 heteroatoms. The summed E-state index contributed by atoms with van der Waals surface area (Å²) in [7, 11) is 0. The van der Waals surface area contributed by atoms with Crippen LogP contribution in [-0.4, -0.2) is 24.9 Å². The third-order valence-corrected chi connectivity index (χ3v) is 4.83. The Hall–Kier alpha value is -2.95. The molecule has 0 bridgehead atoms. The molecule has 0 aliphatic rings. The van der Waals surface area contributed by atoms with Crippen molar-refractivity contribution in [3.63, 3.8) is 0 Å². The van der Waals surface area contributed by atoms with Crippen molar-refractivity contribution in [2.24, 2.45) is 0 Å². The molecule has 0 aliphatic heterocycles. The predicted molar refractivity (Wildman–Crippen MR) is 117 cm³/mol. The lowest BCUT2D eigenvalue weighted by Crippen LogP contribution is -2.27. The second-order valence-electron chi connectivity index (χ2n) is 7.24. The summed E-state index contributed by atoms with van der Waals surface area (Å²) in [5.41, 5.74) is 1.61. The van der Waals surface area contributed by atoms with E-state index in [1.54, 1.807) is 18.5 Å². The van der Waals surface area contributed by atoms with Gasteiger partial charge in [0, 0.05) is 24.1 Å². The van der Waals surface area contributed by atoms with Crippen LogP contribution in [0, 0.1) is 17.7 Å². The molecular weight excluding hydrogens is 409 g/mol. The summed E-state index contributed by atoms with van der Waals surface area (Å²) in [5, 5.41) is 3.53. The van der Waals surface area contributed by atoms with Crippen molar-refractivity contribution in [1.29, 1.82) is 0 Å². The highest BCUT2D eigenvalue weighted by atomic mass is 35.5. The van der Waals surface area contributed by atoms with Crippen LogP contribution in [0.15, 0.2) is 49.1 Å². The summed E-state index contributed by atoms with van der Waals surface area (Å²) in [4.78, 5) is 14.7. The lowest BCUT2D eigenvalue weighted by molar-refractivity contribution is 0.617. The topological polar surface area (TPSA) is 55.1 Å². The Morgan fingerprint density at radius 1 is 1.14 bits per heavy atom. The molecule has 148 valence electrons. The van der Waals surface area contributed by atoms with Crippen LogP contribution in [0.5, 0.6) is 0 Å². The Morgan fingerprint density at radius 2 is 1.97 bits per heavy atom. The molecule has 4 aromatic heterocycles.